The van der Waals surface area contributed by atoms with E-state index in [1.54, 1.807) is 10.9 Å². The van der Waals surface area contributed by atoms with Crippen molar-refractivity contribution in [2.24, 2.45) is 7.05 Å². The highest BCUT2D eigenvalue weighted by Crippen LogP contribution is 2.14. The van der Waals surface area contributed by atoms with Gasteiger partial charge in [-0.2, -0.15) is 5.10 Å². The molecule has 1 aromatic carbocycles. The first-order chi connectivity index (χ1) is 12.1. The third-order valence-corrected chi connectivity index (χ3v) is 5.06. The van der Waals surface area contributed by atoms with E-state index in [9.17, 15) is 4.79 Å². The monoisotopic (exact) mass is 340 g/mol. The van der Waals surface area contributed by atoms with Crippen molar-refractivity contribution >= 4 is 5.91 Å². The molecule has 0 bridgehead atoms. The van der Waals surface area contributed by atoms with Crippen LogP contribution in [0.4, 0.5) is 0 Å². The summed E-state index contributed by atoms with van der Waals surface area (Å²) in [5.74, 6) is -0.0701. The minimum Gasteiger partial charge on any atom is -0.348 e. The zero-order valence-corrected chi connectivity index (χ0v) is 15.3. The van der Waals surface area contributed by atoms with Crippen LogP contribution in [0.15, 0.2) is 30.5 Å². The van der Waals surface area contributed by atoms with Gasteiger partial charge in [-0.25, -0.2) is 0 Å². The van der Waals surface area contributed by atoms with Crippen LogP contribution in [0.2, 0.25) is 0 Å². The van der Waals surface area contributed by atoms with Gasteiger partial charge in [0.1, 0.15) is 0 Å². The van der Waals surface area contributed by atoms with E-state index in [0.29, 0.717) is 12.1 Å². The number of aromatic nitrogens is 2. The summed E-state index contributed by atoms with van der Waals surface area (Å²) >= 11 is 0. The summed E-state index contributed by atoms with van der Waals surface area (Å²) in [5.41, 5.74) is 3.99. The van der Waals surface area contributed by atoms with Gasteiger partial charge in [-0.05, 0) is 44.0 Å². The van der Waals surface area contributed by atoms with Crippen molar-refractivity contribution in [1.82, 2.24) is 20.0 Å². The van der Waals surface area contributed by atoms with E-state index in [2.05, 4.69) is 39.6 Å². The Hall–Kier alpha value is -2.14. The topological polar surface area (TPSA) is 50.2 Å². The number of aryl methyl sites for hydroxylation is 1. The van der Waals surface area contributed by atoms with E-state index in [1.165, 1.54) is 44.3 Å². The summed E-state index contributed by atoms with van der Waals surface area (Å²) in [6.45, 7) is 5.89. The standard InChI is InChI=1S/C20H28N4O/c1-16-19(14-22-23(16)2)20(25)21-13-17-7-9-18(10-8-17)15-24-11-5-3-4-6-12-24/h7-10,14H,3-6,11-13,15H2,1-2H3,(H,21,25). The third-order valence-electron chi connectivity index (χ3n) is 5.06. The Bertz CT molecular complexity index is 697. The predicted molar refractivity (Wildman–Crippen MR) is 99.3 cm³/mol. The number of hydrogen-bond acceptors (Lipinski definition) is 3. The van der Waals surface area contributed by atoms with Gasteiger partial charge >= 0.3 is 0 Å². The second-order valence-corrected chi connectivity index (χ2v) is 6.96. The molecular formula is C20H28N4O. The molecule has 25 heavy (non-hydrogen) atoms. The van der Waals surface area contributed by atoms with Crippen molar-refractivity contribution in [3.8, 4) is 0 Å². The molecule has 1 fully saturated rings. The van der Waals surface area contributed by atoms with Gasteiger partial charge in [-0.3, -0.25) is 14.4 Å². The number of carbonyl (C=O) groups excluding carboxylic acids is 1. The van der Waals surface area contributed by atoms with Crippen molar-refractivity contribution < 1.29 is 4.79 Å². The second-order valence-electron chi connectivity index (χ2n) is 6.96. The number of likely N-dealkylation sites (tertiary alicyclic amines) is 1. The van der Waals surface area contributed by atoms with Crippen LogP contribution in [0.25, 0.3) is 0 Å². The van der Waals surface area contributed by atoms with E-state index in [1.807, 2.05) is 14.0 Å². The van der Waals surface area contributed by atoms with Crippen LogP contribution in [0.3, 0.4) is 0 Å². The molecule has 1 aliphatic rings. The molecule has 0 spiro atoms. The molecule has 0 saturated carbocycles. The lowest BCUT2D eigenvalue weighted by Gasteiger charge is -2.19. The normalized spacial score (nSPS) is 15.8. The molecule has 3 rings (SSSR count). The van der Waals surface area contributed by atoms with Crippen LogP contribution in [0.1, 0.15) is 52.9 Å². The van der Waals surface area contributed by atoms with E-state index in [-0.39, 0.29) is 5.91 Å². The quantitative estimate of drug-likeness (QED) is 0.910. The molecule has 1 saturated heterocycles. The van der Waals surface area contributed by atoms with Crippen LogP contribution in [-0.4, -0.2) is 33.7 Å². The van der Waals surface area contributed by atoms with Crippen molar-refractivity contribution in [3.63, 3.8) is 0 Å². The fourth-order valence-corrected chi connectivity index (χ4v) is 3.31. The number of nitrogens with one attached hydrogen (secondary N) is 1. The summed E-state index contributed by atoms with van der Waals surface area (Å²) in [5, 5.41) is 7.09. The molecule has 1 N–H and O–H groups in total. The molecule has 1 aromatic heterocycles. The summed E-state index contributed by atoms with van der Waals surface area (Å²) in [4.78, 5) is 14.8. The van der Waals surface area contributed by atoms with Crippen molar-refractivity contribution in [2.75, 3.05) is 13.1 Å². The van der Waals surface area contributed by atoms with E-state index in [4.69, 9.17) is 0 Å². The van der Waals surface area contributed by atoms with Gasteiger partial charge in [-0.15, -0.1) is 0 Å². The van der Waals surface area contributed by atoms with Crippen molar-refractivity contribution in [1.29, 1.82) is 0 Å². The van der Waals surface area contributed by atoms with Crippen LogP contribution >= 0.6 is 0 Å². The lowest BCUT2D eigenvalue weighted by molar-refractivity contribution is 0.0950. The second kappa shape index (κ2) is 8.30. The summed E-state index contributed by atoms with van der Waals surface area (Å²) < 4.78 is 1.71. The fourth-order valence-electron chi connectivity index (χ4n) is 3.31. The first kappa shape index (κ1) is 17.7. The number of hydrogen-bond donors (Lipinski definition) is 1. The molecule has 0 unspecified atom stereocenters. The van der Waals surface area contributed by atoms with Crippen molar-refractivity contribution in [2.45, 2.75) is 45.7 Å². The molecule has 5 nitrogen and oxygen atoms in total. The minimum atomic E-state index is -0.0701. The van der Waals surface area contributed by atoms with E-state index >= 15 is 0 Å². The average molecular weight is 340 g/mol. The molecule has 1 aliphatic heterocycles. The first-order valence-corrected chi connectivity index (χ1v) is 9.20. The van der Waals surface area contributed by atoms with Gasteiger partial charge < -0.3 is 5.32 Å². The van der Waals surface area contributed by atoms with Gasteiger partial charge in [0, 0.05) is 25.8 Å². The SMILES string of the molecule is Cc1c(C(=O)NCc2ccc(CN3CCCCCC3)cc2)cnn1C. The summed E-state index contributed by atoms with van der Waals surface area (Å²) in [6.07, 6.45) is 6.99. The number of amides is 1. The zero-order valence-electron chi connectivity index (χ0n) is 15.3. The molecule has 134 valence electrons. The molecule has 2 aromatic rings. The lowest BCUT2D eigenvalue weighted by atomic mass is 10.1. The molecule has 0 radical (unpaired) electrons. The highest BCUT2D eigenvalue weighted by atomic mass is 16.1. The number of benzene rings is 1. The largest absolute Gasteiger partial charge is 0.348 e. The number of rotatable bonds is 5. The first-order valence-electron chi connectivity index (χ1n) is 9.20. The van der Waals surface area contributed by atoms with Gasteiger partial charge in [0.15, 0.2) is 0 Å². The summed E-state index contributed by atoms with van der Waals surface area (Å²) in [6, 6.07) is 8.59. The Balaban J connectivity index is 1.52. The molecule has 2 heterocycles. The maximum atomic E-state index is 12.2. The molecule has 5 heteroatoms. The van der Waals surface area contributed by atoms with E-state index < -0.39 is 0 Å². The molecule has 0 aliphatic carbocycles. The van der Waals surface area contributed by atoms with Crippen LogP contribution in [0, 0.1) is 6.92 Å². The molecular weight excluding hydrogens is 312 g/mol. The van der Waals surface area contributed by atoms with Gasteiger partial charge in [0.25, 0.3) is 5.91 Å². The molecule has 0 atom stereocenters. The van der Waals surface area contributed by atoms with Gasteiger partial charge in [0.05, 0.1) is 11.8 Å². The Morgan fingerprint density at radius 1 is 1.08 bits per heavy atom. The van der Waals surface area contributed by atoms with Crippen molar-refractivity contribution in [3.05, 3.63) is 52.8 Å². The number of carbonyl (C=O) groups is 1. The highest BCUT2D eigenvalue weighted by molar-refractivity contribution is 5.94. The summed E-state index contributed by atoms with van der Waals surface area (Å²) in [7, 11) is 1.84. The average Bonchev–Trinajstić information content (AvgIpc) is 2.81. The minimum absolute atomic E-state index is 0.0701. The Morgan fingerprint density at radius 2 is 1.72 bits per heavy atom. The number of nitrogens with zero attached hydrogens (tertiary/aromatic N) is 3. The van der Waals surface area contributed by atoms with Crippen LogP contribution in [-0.2, 0) is 20.1 Å². The predicted octanol–water partition coefficient (Wildman–Crippen LogP) is 3.03. The Labute approximate surface area is 150 Å². The molecule has 1 amide bonds. The van der Waals surface area contributed by atoms with Gasteiger partial charge in [0.2, 0.25) is 0 Å². The maximum absolute atomic E-state index is 12.2. The van der Waals surface area contributed by atoms with Gasteiger partial charge in [-0.1, -0.05) is 37.1 Å². The van der Waals surface area contributed by atoms with Crippen LogP contribution < -0.4 is 5.32 Å². The maximum Gasteiger partial charge on any atom is 0.255 e. The Morgan fingerprint density at radius 3 is 2.32 bits per heavy atom. The Kier molecular flexibility index (Phi) is 5.87. The highest BCUT2D eigenvalue weighted by Gasteiger charge is 2.12. The fraction of sp³-hybridized carbons (Fsp3) is 0.500. The van der Waals surface area contributed by atoms with Crippen LogP contribution in [0.5, 0.6) is 0 Å². The van der Waals surface area contributed by atoms with E-state index in [0.717, 1.165) is 17.8 Å². The zero-order chi connectivity index (χ0) is 17.6. The lowest BCUT2D eigenvalue weighted by Crippen LogP contribution is -2.24. The third kappa shape index (κ3) is 4.69. The smallest absolute Gasteiger partial charge is 0.255 e.